The third-order valence-corrected chi connectivity index (χ3v) is 9.89. The molecule has 2 heterocycles. The van der Waals surface area contributed by atoms with Crippen molar-refractivity contribution in [2.75, 3.05) is 19.0 Å². The van der Waals surface area contributed by atoms with Gasteiger partial charge in [0.15, 0.2) is 11.5 Å². The lowest BCUT2D eigenvalue weighted by Gasteiger charge is -2.24. The molecule has 10 heteroatoms. The Balaban J connectivity index is 1.21. The van der Waals surface area contributed by atoms with Crippen LogP contribution in [0, 0.1) is 11.3 Å². The van der Waals surface area contributed by atoms with Crippen molar-refractivity contribution in [2.24, 2.45) is 0 Å². The number of ether oxygens (including phenoxy) is 2. The number of nitrogens with one attached hydrogen (secondary N) is 1. The second kappa shape index (κ2) is 12.5. The zero-order valence-electron chi connectivity index (χ0n) is 21.9. The molecule has 39 heavy (non-hydrogen) atoms. The van der Waals surface area contributed by atoms with Crippen LogP contribution >= 0.6 is 35.3 Å². The third kappa shape index (κ3) is 6.32. The van der Waals surface area contributed by atoms with E-state index in [0.717, 1.165) is 49.7 Å². The summed E-state index contributed by atoms with van der Waals surface area (Å²) in [5.41, 5.74) is 2.48. The van der Waals surface area contributed by atoms with Crippen LogP contribution in [0.4, 0.5) is 5.00 Å². The molecule has 204 valence electrons. The summed E-state index contributed by atoms with van der Waals surface area (Å²) in [6.45, 7) is 0.179. The van der Waals surface area contributed by atoms with Gasteiger partial charge in [0.05, 0.1) is 23.7 Å². The van der Waals surface area contributed by atoms with Gasteiger partial charge in [0.1, 0.15) is 15.4 Å². The van der Waals surface area contributed by atoms with E-state index >= 15 is 0 Å². The highest BCUT2D eigenvalue weighted by molar-refractivity contribution is 8.26. The lowest BCUT2D eigenvalue weighted by Crippen LogP contribution is -2.31. The first kappa shape index (κ1) is 27.7. The van der Waals surface area contributed by atoms with Crippen LogP contribution in [-0.4, -0.2) is 40.8 Å². The van der Waals surface area contributed by atoms with E-state index in [4.69, 9.17) is 21.7 Å². The van der Waals surface area contributed by atoms with Crippen molar-refractivity contribution in [3.05, 3.63) is 44.7 Å². The molecule has 2 fully saturated rings. The van der Waals surface area contributed by atoms with Crippen molar-refractivity contribution in [2.45, 2.75) is 70.3 Å². The Morgan fingerprint density at radius 2 is 2.00 bits per heavy atom. The fourth-order valence-corrected chi connectivity index (χ4v) is 7.82. The fraction of sp³-hybridized carbons (Fsp3) is 0.448. The highest BCUT2D eigenvalue weighted by atomic mass is 32.2. The molecule has 0 spiro atoms. The number of benzene rings is 1. The molecular weight excluding hydrogens is 551 g/mol. The summed E-state index contributed by atoms with van der Waals surface area (Å²) in [5.74, 6) is 0.893. The van der Waals surface area contributed by atoms with Crippen molar-refractivity contribution in [1.29, 1.82) is 5.26 Å². The van der Waals surface area contributed by atoms with E-state index in [1.165, 1.54) is 52.1 Å². The fourth-order valence-electron chi connectivity index (χ4n) is 5.25. The largest absolute Gasteiger partial charge is 0.493 e. The van der Waals surface area contributed by atoms with E-state index in [1.54, 1.807) is 13.2 Å². The average molecular weight is 582 g/mol. The van der Waals surface area contributed by atoms with Gasteiger partial charge in [0.25, 0.3) is 5.91 Å². The van der Waals surface area contributed by atoms with Crippen molar-refractivity contribution in [3.63, 3.8) is 0 Å². The van der Waals surface area contributed by atoms with Gasteiger partial charge in [-0.2, -0.15) is 5.26 Å². The van der Waals surface area contributed by atoms with Gasteiger partial charge in [-0.25, -0.2) is 0 Å². The summed E-state index contributed by atoms with van der Waals surface area (Å²) in [6, 6.07) is 7.93. The minimum Gasteiger partial charge on any atom is -0.493 e. The normalized spacial score (nSPS) is 18.7. The molecule has 5 rings (SSSR count). The van der Waals surface area contributed by atoms with E-state index in [2.05, 4.69) is 11.4 Å². The molecule has 1 aromatic carbocycles. The molecule has 0 atom stereocenters. The van der Waals surface area contributed by atoms with Crippen molar-refractivity contribution >= 4 is 62.5 Å². The van der Waals surface area contributed by atoms with Gasteiger partial charge in [-0.3, -0.25) is 14.5 Å². The quantitative estimate of drug-likeness (QED) is 0.283. The number of hydrogen-bond acceptors (Lipinski definition) is 8. The van der Waals surface area contributed by atoms with Gasteiger partial charge in [-0.1, -0.05) is 36.5 Å². The van der Waals surface area contributed by atoms with Crippen LogP contribution in [0.1, 0.15) is 72.9 Å². The van der Waals surface area contributed by atoms with Crippen molar-refractivity contribution < 1.29 is 19.1 Å². The summed E-state index contributed by atoms with van der Waals surface area (Å²) in [4.78, 5) is 29.0. The lowest BCUT2D eigenvalue weighted by molar-refractivity contribution is -0.122. The van der Waals surface area contributed by atoms with E-state index in [1.807, 2.05) is 18.2 Å². The van der Waals surface area contributed by atoms with Gasteiger partial charge in [0, 0.05) is 17.8 Å². The predicted octanol–water partition coefficient (Wildman–Crippen LogP) is 6.45. The number of hydrogen-bond donors (Lipinski definition) is 1. The van der Waals surface area contributed by atoms with Crippen molar-refractivity contribution in [3.8, 4) is 17.6 Å². The van der Waals surface area contributed by atoms with E-state index in [0.29, 0.717) is 31.3 Å². The molecule has 1 saturated carbocycles. The molecule has 2 aliphatic carbocycles. The Morgan fingerprint density at radius 3 is 2.77 bits per heavy atom. The number of amides is 2. The number of thiocarbonyl (C=S) groups is 1. The smallest absolute Gasteiger partial charge is 0.266 e. The third-order valence-electron chi connectivity index (χ3n) is 7.30. The Hall–Kier alpha value is -2.87. The molecule has 1 aliphatic heterocycles. The predicted molar refractivity (Wildman–Crippen MR) is 159 cm³/mol. The Kier molecular flexibility index (Phi) is 8.90. The van der Waals surface area contributed by atoms with Gasteiger partial charge in [-0.05, 0) is 80.7 Å². The zero-order valence-corrected chi connectivity index (χ0v) is 24.4. The number of thioether (sulfide) groups is 1. The first-order valence-electron chi connectivity index (χ1n) is 13.4. The van der Waals surface area contributed by atoms with Crippen LogP contribution in [0.2, 0.25) is 0 Å². The molecule has 1 saturated heterocycles. The van der Waals surface area contributed by atoms with Gasteiger partial charge < -0.3 is 14.8 Å². The number of thiophene rings is 1. The second-order valence-corrected chi connectivity index (χ2v) is 12.7. The van der Waals surface area contributed by atoms with Crippen LogP contribution in [0.5, 0.6) is 11.5 Å². The maximum Gasteiger partial charge on any atom is 0.266 e. The Labute approximate surface area is 242 Å². The SMILES string of the molecule is COc1cc(/C=C2\SC(=S)N(CCC(=O)Nc3sc4c(c3C#N)CCCC4)C2=O)ccc1OC1CCCCC1. The second-order valence-electron chi connectivity index (χ2n) is 9.95. The van der Waals surface area contributed by atoms with Crippen LogP contribution in [0.3, 0.4) is 0 Å². The van der Waals surface area contributed by atoms with Gasteiger partial charge in [0.2, 0.25) is 5.91 Å². The van der Waals surface area contributed by atoms with Crippen LogP contribution < -0.4 is 14.8 Å². The van der Waals surface area contributed by atoms with E-state index < -0.39 is 0 Å². The Morgan fingerprint density at radius 1 is 1.21 bits per heavy atom. The molecule has 2 aromatic rings. The summed E-state index contributed by atoms with van der Waals surface area (Å²) in [5, 5.41) is 13.1. The highest BCUT2D eigenvalue weighted by Crippen LogP contribution is 2.38. The molecule has 3 aliphatic rings. The van der Waals surface area contributed by atoms with Gasteiger partial charge in [-0.15, -0.1) is 11.3 Å². The van der Waals surface area contributed by atoms with Gasteiger partial charge >= 0.3 is 0 Å². The van der Waals surface area contributed by atoms with E-state index in [-0.39, 0.29) is 30.9 Å². The first-order chi connectivity index (χ1) is 19.0. The Bertz CT molecular complexity index is 1350. The van der Waals surface area contributed by atoms with Crippen molar-refractivity contribution in [1.82, 2.24) is 4.90 Å². The van der Waals surface area contributed by atoms with Crippen LogP contribution in [-0.2, 0) is 22.4 Å². The highest BCUT2D eigenvalue weighted by Gasteiger charge is 2.32. The maximum absolute atomic E-state index is 13.1. The number of anilines is 1. The average Bonchev–Trinajstić information content (AvgIpc) is 3.43. The molecule has 7 nitrogen and oxygen atoms in total. The molecule has 1 aromatic heterocycles. The number of nitriles is 1. The minimum atomic E-state index is -0.235. The number of carbonyl (C=O) groups is 2. The monoisotopic (exact) mass is 581 g/mol. The number of fused-ring (bicyclic) bond motifs is 1. The number of rotatable bonds is 8. The molecule has 0 bridgehead atoms. The minimum absolute atomic E-state index is 0.0914. The molecule has 0 radical (unpaired) electrons. The number of nitrogens with zero attached hydrogens (tertiary/aromatic N) is 2. The summed E-state index contributed by atoms with van der Waals surface area (Å²) < 4.78 is 12.2. The van der Waals surface area contributed by atoms with E-state index in [9.17, 15) is 14.9 Å². The molecule has 1 N–H and O–H groups in total. The number of methoxy groups -OCH3 is 1. The topological polar surface area (TPSA) is 91.7 Å². The number of carbonyl (C=O) groups excluding carboxylic acids is 2. The number of aryl methyl sites for hydroxylation is 1. The standard InChI is InChI=1S/C29H31N3O4S3/c1-35-23-15-18(11-12-22(23)36-19-7-3-2-4-8-19)16-25-28(34)32(29(37)39-25)14-13-26(33)31-27-21(17-30)20-9-5-6-10-24(20)38-27/h11-12,15-16,19H,2-10,13-14H2,1H3,(H,31,33)/b25-16-. The molecular formula is C29H31N3O4S3. The first-order valence-corrected chi connectivity index (χ1v) is 15.5. The van der Waals surface area contributed by atoms with Crippen LogP contribution in [0.15, 0.2) is 23.1 Å². The maximum atomic E-state index is 13.1. The molecule has 0 unspecified atom stereocenters. The van der Waals surface area contributed by atoms with Crippen LogP contribution in [0.25, 0.3) is 6.08 Å². The summed E-state index contributed by atoms with van der Waals surface area (Å²) >= 11 is 8.18. The molecule has 2 amide bonds. The summed E-state index contributed by atoms with van der Waals surface area (Å²) in [7, 11) is 1.61. The lowest BCUT2D eigenvalue weighted by atomic mass is 9.96. The summed E-state index contributed by atoms with van der Waals surface area (Å²) in [6.07, 6.45) is 11.9. The zero-order chi connectivity index (χ0) is 27.4.